The average molecular weight is 544 g/mol. The molecular weight excluding hydrogens is 510 g/mol. The molecule has 2 aromatic rings. The Bertz CT molecular complexity index is 1170. The number of rotatable bonds is 13. The lowest BCUT2D eigenvalue weighted by Gasteiger charge is -2.30. The van der Waals surface area contributed by atoms with Crippen molar-refractivity contribution in [2.24, 2.45) is 11.5 Å². The summed E-state index contributed by atoms with van der Waals surface area (Å²) in [5.41, 5.74) is 12.5. The maximum absolute atomic E-state index is 13.5. The zero-order valence-corrected chi connectivity index (χ0v) is 21.2. The molecule has 0 saturated carbocycles. The number of nitrogens with zero attached hydrogens (tertiary/aromatic N) is 2. The Morgan fingerprint density at radius 2 is 1.82 bits per heavy atom. The lowest BCUT2D eigenvalue weighted by molar-refractivity contribution is -0.145. The number of phenolic OH excluding ortho intramolecular Hbond substituents is 1. The molecule has 1 fully saturated rings. The normalized spacial score (nSPS) is 17.2. The summed E-state index contributed by atoms with van der Waals surface area (Å²) in [5.74, 6) is -3.74. The van der Waals surface area contributed by atoms with Crippen molar-refractivity contribution >= 4 is 29.6 Å². The standard InChI is InChI=1S/C25H33N7O7/c26-17(10-14-3-5-16(33)6-4-14)22(35)30-18(7-8-21(27)34)24(37)32-9-1-2-20(32)23(36)31-19(25(38)39)11-15-12-28-13-29-15/h3-6,12-13,17-20,33H,1-2,7-11,26H2,(H2,27,34)(H,28,29)(H,30,35)(H,31,36)(H,38,39). The van der Waals surface area contributed by atoms with Crippen molar-refractivity contribution in [3.8, 4) is 5.75 Å². The minimum atomic E-state index is -1.25. The third-order valence-corrected chi connectivity index (χ3v) is 6.45. The van der Waals surface area contributed by atoms with Gasteiger partial charge in [0.1, 0.15) is 23.9 Å². The quantitative estimate of drug-likeness (QED) is 0.156. The second-order valence-electron chi connectivity index (χ2n) is 9.41. The molecule has 0 spiro atoms. The van der Waals surface area contributed by atoms with Gasteiger partial charge in [-0.3, -0.25) is 19.2 Å². The summed E-state index contributed by atoms with van der Waals surface area (Å²) >= 11 is 0. The number of hydrogen-bond acceptors (Lipinski definition) is 8. The number of nitrogens with two attached hydrogens (primary N) is 2. The molecule has 4 amide bonds. The molecule has 4 atom stereocenters. The van der Waals surface area contributed by atoms with Gasteiger partial charge in [-0.15, -0.1) is 0 Å². The van der Waals surface area contributed by atoms with Crippen molar-refractivity contribution in [3.05, 3.63) is 48.0 Å². The molecule has 1 aromatic carbocycles. The Morgan fingerprint density at radius 3 is 2.44 bits per heavy atom. The lowest BCUT2D eigenvalue weighted by Crippen LogP contribution is -2.57. The molecule has 2 heterocycles. The molecule has 9 N–H and O–H groups in total. The van der Waals surface area contributed by atoms with Crippen LogP contribution in [0.25, 0.3) is 0 Å². The molecular formula is C25H33N7O7. The molecule has 0 radical (unpaired) electrons. The third kappa shape index (κ3) is 8.26. The Hall–Kier alpha value is -4.46. The van der Waals surface area contributed by atoms with Crippen LogP contribution < -0.4 is 22.1 Å². The number of benzene rings is 1. The molecule has 1 saturated heterocycles. The van der Waals surface area contributed by atoms with Crippen LogP contribution in [0.1, 0.15) is 36.9 Å². The second-order valence-corrected chi connectivity index (χ2v) is 9.41. The van der Waals surface area contributed by atoms with Crippen molar-refractivity contribution in [2.45, 2.75) is 62.7 Å². The van der Waals surface area contributed by atoms with Gasteiger partial charge < -0.3 is 42.2 Å². The molecule has 14 heteroatoms. The Balaban J connectivity index is 1.68. The molecule has 4 unspecified atom stereocenters. The minimum absolute atomic E-state index is 0.0298. The Labute approximate surface area is 224 Å². The fourth-order valence-corrected chi connectivity index (χ4v) is 4.39. The molecule has 39 heavy (non-hydrogen) atoms. The number of aromatic hydroxyl groups is 1. The molecule has 1 aliphatic rings. The molecule has 1 aromatic heterocycles. The number of imidazole rings is 1. The summed E-state index contributed by atoms with van der Waals surface area (Å²) in [7, 11) is 0. The number of carboxylic acid groups (broad SMARTS) is 1. The van der Waals surface area contributed by atoms with Crippen LogP contribution in [0.15, 0.2) is 36.8 Å². The van der Waals surface area contributed by atoms with E-state index in [0.717, 1.165) is 0 Å². The minimum Gasteiger partial charge on any atom is -0.508 e. The van der Waals surface area contributed by atoms with Crippen LogP contribution in [0, 0.1) is 0 Å². The summed E-state index contributed by atoms with van der Waals surface area (Å²) in [6.07, 6.45) is 3.43. The van der Waals surface area contributed by atoms with Crippen molar-refractivity contribution in [3.63, 3.8) is 0 Å². The molecule has 14 nitrogen and oxygen atoms in total. The van der Waals surface area contributed by atoms with Crippen LogP contribution in [-0.2, 0) is 36.8 Å². The van der Waals surface area contributed by atoms with Gasteiger partial charge in [-0.2, -0.15) is 0 Å². The molecule has 3 rings (SSSR count). The first-order valence-corrected chi connectivity index (χ1v) is 12.5. The first-order chi connectivity index (χ1) is 18.5. The highest BCUT2D eigenvalue weighted by molar-refractivity contribution is 5.94. The van der Waals surface area contributed by atoms with Crippen LogP contribution in [0.4, 0.5) is 0 Å². The van der Waals surface area contributed by atoms with E-state index in [4.69, 9.17) is 11.5 Å². The van der Waals surface area contributed by atoms with E-state index in [1.54, 1.807) is 12.1 Å². The monoisotopic (exact) mass is 543 g/mol. The van der Waals surface area contributed by atoms with E-state index >= 15 is 0 Å². The van der Waals surface area contributed by atoms with Crippen molar-refractivity contribution in [2.75, 3.05) is 6.54 Å². The van der Waals surface area contributed by atoms with Crippen molar-refractivity contribution < 1.29 is 34.2 Å². The van der Waals surface area contributed by atoms with Gasteiger partial charge in [-0.25, -0.2) is 9.78 Å². The number of carbonyl (C=O) groups excluding carboxylic acids is 4. The molecule has 1 aliphatic heterocycles. The zero-order chi connectivity index (χ0) is 28.5. The zero-order valence-electron chi connectivity index (χ0n) is 21.2. The van der Waals surface area contributed by atoms with E-state index in [0.29, 0.717) is 24.1 Å². The number of aliphatic carboxylic acids is 1. The molecule has 0 bridgehead atoms. The lowest BCUT2D eigenvalue weighted by atomic mass is 10.0. The van der Waals surface area contributed by atoms with Crippen molar-refractivity contribution in [1.82, 2.24) is 25.5 Å². The van der Waals surface area contributed by atoms with Gasteiger partial charge in [0.2, 0.25) is 23.6 Å². The van der Waals surface area contributed by atoms with E-state index in [2.05, 4.69) is 20.6 Å². The number of nitrogens with one attached hydrogen (secondary N) is 3. The van der Waals surface area contributed by atoms with E-state index in [1.807, 2.05) is 0 Å². The topological polar surface area (TPSA) is 234 Å². The Morgan fingerprint density at radius 1 is 1.10 bits per heavy atom. The number of hydrogen-bond donors (Lipinski definition) is 7. The maximum Gasteiger partial charge on any atom is 0.326 e. The van der Waals surface area contributed by atoms with Crippen LogP contribution in [-0.4, -0.2) is 85.4 Å². The first-order valence-electron chi connectivity index (χ1n) is 12.5. The number of carbonyl (C=O) groups is 5. The van der Waals surface area contributed by atoms with Gasteiger partial charge in [0, 0.05) is 31.3 Å². The van der Waals surface area contributed by atoms with E-state index < -0.39 is 53.8 Å². The van der Waals surface area contributed by atoms with Crippen LogP contribution >= 0.6 is 0 Å². The number of H-pyrrole nitrogens is 1. The predicted octanol–water partition coefficient (Wildman–Crippen LogP) is -1.46. The SMILES string of the molecule is NC(=O)CCC(NC(=O)C(N)Cc1ccc(O)cc1)C(=O)N1CCCC1C(=O)NC(Cc1cnc[nH]1)C(=O)O. The van der Waals surface area contributed by atoms with Gasteiger partial charge in [-0.1, -0.05) is 12.1 Å². The van der Waals surface area contributed by atoms with Gasteiger partial charge in [0.15, 0.2) is 0 Å². The number of primary amides is 1. The first kappa shape index (κ1) is 29.1. The number of aromatic nitrogens is 2. The fraction of sp³-hybridized carbons (Fsp3) is 0.440. The van der Waals surface area contributed by atoms with Gasteiger partial charge in [0.05, 0.1) is 12.4 Å². The van der Waals surface area contributed by atoms with Gasteiger partial charge in [-0.05, 0) is 43.4 Å². The summed E-state index contributed by atoms with van der Waals surface area (Å²) in [6, 6.07) is 1.73. The number of amides is 4. The second kappa shape index (κ2) is 13.4. The number of carboxylic acids is 1. The molecule has 210 valence electrons. The number of likely N-dealkylation sites (tertiary alicyclic amines) is 1. The summed E-state index contributed by atoms with van der Waals surface area (Å²) in [6.45, 7) is 0.206. The fourth-order valence-electron chi connectivity index (χ4n) is 4.39. The van der Waals surface area contributed by atoms with Crippen LogP contribution in [0.5, 0.6) is 5.75 Å². The smallest absolute Gasteiger partial charge is 0.326 e. The highest BCUT2D eigenvalue weighted by Crippen LogP contribution is 2.20. The summed E-state index contributed by atoms with van der Waals surface area (Å²) in [4.78, 5) is 70.5. The number of aromatic amines is 1. The van der Waals surface area contributed by atoms with E-state index in [9.17, 15) is 34.2 Å². The van der Waals surface area contributed by atoms with Crippen LogP contribution in [0.2, 0.25) is 0 Å². The average Bonchev–Trinajstić information content (AvgIpc) is 3.59. The van der Waals surface area contributed by atoms with E-state index in [1.165, 1.54) is 29.6 Å². The largest absolute Gasteiger partial charge is 0.508 e. The predicted molar refractivity (Wildman–Crippen MR) is 137 cm³/mol. The van der Waals surface area contributed by atoms with E-state index in [-0.39, 0.29) is 38.0 Å². The van der Waals surface area contributed by atoms with Crippen LogP contribution in [0.3, 0.4) is 0 Å². The third-order valence-electron chi connectivity index (χ3n) is 6.45. The molecule has 0 aliphatic carbocycles. The summed E-state index contributed by atoms with van der Waals surface area (Å²) < 4.78 is 0. The Kier molecular flexibility index (Phi) is 9.98. The van der Waals surface area contributed by atoms with Gasteiger partial charge in [0.25, 0.3) is 0 Å². The highest BCUT2D eigenvalue weighted by Gasteiger charge is 2.39. The number of phenols is 1. The highest BCUT2D eigenvalue weighted by atomic mass is 16.4. The van der Waals surface area contributed by atoms with Gasteiger partial charge >= 0.3 is 5.97 Å². The maximum atomic E-state index is 13.5. The van der Waals surface area contributed by atoms with Crippen molar-refractivity contribution in [1.29, 1.82) is 0 Å². The summed E-state index contributed by atoms with van der Waals surface area (Å²) in [5, 5.41) is 24.1.